The molecule has 1 saturated heterocycles. The summed E-state index contributed by atoms with van der Waals surface area (Å²) in [6, 6.07) is 18.1. The minimum atomic E-state index is -0.299. The van der Waals surface area contributed by atoms with Crippen LogP contribution in [-0.4, -0.2) is 33.6 Å². The van der Waals surface area contributed by atoms with Gasteiger partial charge in [-0.15, -0.1) is 0 Å². The van der Waals surface area contributed by atoms with Gasteiger partial charge in [0.25, 0.3) is 0 Å². The van der Waals surface area contributed by atoms with Crippen LogP contribution in [0.5, 0.6) is 0 Å². The van der Waals surface area contributed by atoms with E-state index in [-0.39, 0.29) is 24.2 Å². The molecule has 5 rings (SSSR count). The topological polar surface area (TPSA) is 62.5 Å². The number of carbonyl (C=O) groups excluding carboxylic acids is 1. The van der Waals surface area contributed by atoms with Crippen molar-refractivity contribution in [3.63, 3.8) is 0 Å². The van der Waals surface area contributed by atoms with E-state index in [9.17, 15) is 9.18 Å². The number of aromatic nitrogens is 3. The van der Waals surface area contributed by atoms with Gasteiger partial charge in [-0.2, -0.15) is 9.61 Å². The maximum Gasteiger partial charge on any atom is 0.223 e. The van der Waals surface area contributed by atoms with E-state index in [1.807, 2.05) is 47.8 Å². The van der Waals surface area contributed by atoms with E-state index in [1.54, 1.807) is 18.2 Å². The van der Waals surface area contributed by atoms with Gasteiger partial charge in [0.15, 0.2) is 5.65 Å². The zero-order valence-electron chi connectivity index (χ0n) is 18.8. The highest BCUT2D eigenvalue weighted by Crippen LogP contribution is 2.27. The molecule has 34 heavy (non-hydrogen) atoms. The van der Waals surface area contributed by atoms with Crippen molar-refractivity contribution in [3.8, 4) is 11.3 Å². The molecule has 3 heterocycles. The average molecular weight is 478 g/mol. The summed E-state index contributed by atoms with van der Waals surface area (Å²) in [7, 11) is 0. The van der Waals surface area contributed by atoms with Crippen LogP contribution in [0.25, 0.3) is 16.9 Å². The monoisotopic (exact) mass is 477 g/mol. The Labute approximate surface area is 202 Å². The number of hydrogen-bond donors (Lipinski definition) is 1. The number of aryl methyl sites for hydroxylation is 1. The van der Waals surface area contributed by atoms with Gasteiger partial charge in [-0.05, 0) is 38.0 Å². The third-order valence-corrected chi connectivity index (χ3v) is 6.53. The fraction of sp³-hybridized carbons (Fsp3) is 0.269. The molecule has 1 amide bonds. The standard InChI is InChI=1S/C26H25ClFN5O/c1-17-14-25(33-24(30-17)15-23(31-33)18-6-8-21(27)9-7-18)32-12-10-19(11-13-32)26(34)29-16-20-4-2-3-5-22(20)28/h2-9,14-15,19H,10-13,16H2,1H3,(H,29,34). The summed E-state index contributed by atoms with van der Waals surface area (Å²) < 4.78 is 15.7. The summed E-state index contributed by atoms with van der Waals surface area (Å²) in [5.41, 5.74) is 4.00. The summed E-state index contributed by atoms with van der Waals surface area (Å²) in [5, 5.41) is 8.39. The molecule has 0 aliphatic carbocycles. The highest BCUT2D eigenvalue weighted by atomic mass is 35.5. The van der Waals surface area contributed by atoms with Crippen molar-refractivity contribution in [2.24, 2.45) is 5.92 Å². The normalized spacial score (nSPS) is 14.5. The molecular formula is C26H25ClFN5O. The van der Waals surface area contributed by atoms with Crippen LogP contribution >= 0.6 is 11.6 Å². The van der Waals surface area contributed by atoms with Gasteiger partial charge < -0.3 is 10.2 Å². The minimum Gasteiger partial charge on any atom is -0.356 e. The fourth-order valence-corrected chi connectivity index (χ4v) is 4.53. The molecule has 1 N–H and O–H groups in total. The second-order valence-electron chi connectivity index (χ2n) is 8.63. The van der Waals surface area contributed by atoms with Gasteiger partial charge in [0.2, 0.25) is 5.91 Å². The highest BCUT2D eigenvalue weighted by molar-refractivity contribution is 6.30. The molecule has 0 unspecified atom stereocenters. The van der Waals surface area contributed by atoms with E-state index < -0.39 is 0 Å². The summed E-state index contributed by atoms with van der Waals surface area (Å²) in [5.74, 6) is 0.548. The molecule has 0 radical (unpaired) electrons. The number of rotatable bonds is 5. The largest absolute Gasteiger partial charge is 0.356 e. The zero-order valence-corrected chi connectivity index (χ0v) is 19.6. The second-order valence-corrected chi connectivity index (χ2v) is 9.07. The van der Waals surface area contributed by atoms with E-state index in [1.165, 1.54) is 6.07 Å². The maximum atomic E-state index is 13.8. The van der Waals surface area contributed by atoms with E-state index in [0.717, 1.165) is 54.3 Å². The number of halogens is 2. The first-order valence-corrected chi connectivity index (χ1v) is 11.7. The summed E-state index contributed by atoms with van der Waals surface area (Å²) in [4.78, 5) is 19.6. The number of nitrogens with one attached hydrogen (secondary N) is 1. The van der Waals surface area contributed by atoms with E-state index in [4.69, 9.17) is 16.7 Å². The molecular weight excluding hydrogens is 453 g/mol. The van der Waals surface area contributed by atoms with Crippen LogP contribution in [0.3, 0.4) is 0 Å². The van der Waals surface area contributed by atoms with E-state index >= 15 is 0 Å². The van der Waals surface area contributed by atoms with Gasteiger partial charge in [-0.25, -0.2) is 9.37 Å². The molecule has 0 spiro atoms. The number of hydrogen-bond acceptors (Lipinski definition) is 4. The number of piperidine rings is 1. The Morgan fingerprint density at radius 1 is 1.12 bits per heavy atom. The lowest BCUT2D eigenvalue weighted by atomic mass is 9.95. The number of carbonyl (C=O) groups is 1. The zero-order chi connectivity index (χ0) is 23.7. The van der Waals surface area contributed by atoms with Crippen LogP contribution in [-0.2, 0) is 11.3 Å². The van der Waals surface area contributed by atoms with Gasteiger partial charge in [0, 0.05) is 59.5 Å². The van der Waals surface area contributed by atoms with Crippen molar-refractivity contribution in [1.29, 1.82) is 0 Å². The molecule has 4 aromatic rings. The van der Waals surface area contributed by atoms with Gasteiger partial charge in [-0.1, -0.05) is 41.9 Å². The first kappa shape index (κ1) is 22.3. The van der Waals surface area contributed by atoms with Gasteiger partial charge in [0.05, 0.1) is 5.69 Å². The molecule has 174 valence electrons. The predicted molar refractivity (Wildman–Crippen MR) is 131 cm³/mol. The average Bonchev–Trinajstić information content (AvgIpc) is 3.27. The molecule has 8 heteroatoms. The van der Waals surface area contributed by atoms with Gasteiger partial charge in [-0.3, -0.25) is 4.79 Å². The van der Waals surface area contributed by atoms with E-state index in [0.29, 0.717) is 10.6 Å². The Morgan fingerprint density at radius 3 is 2.59 bits per heavy atom. The minimum absolute atomic E-state index is 0.0249. The predicted octanol–water partition coefficient (Wildman–Crippen LogP) is 5.03. The maximum absolute atomic E-state index is 13.8. The molecule has 1 fully saturated rings. The van der Waals surface area contributed by atoms with Crippen molar-refractivity contribution in [2.75, 3.05) is 18.0 Å². The number of anilines is 1. The van der Waals surface area contributed by atoms with Crippen molar-refractivity contribution < 1.29 is 9.18 Å². The third kappa shape index (κ3) is 4.61. The van der Waals surface area contributed by atoms with Crippen molar-refractivity contribution in [2.45, 2.75) is 26.3 Å². The Kier molecular flexibility index (Phi) is 6.20. The fourth-order valence-electron chi connectivity index (χ4n) is 4.41. The first-order valence-electron chi connectivity index (χ1n) is 11.4. The first-order chi connectivity index (χ1) is 16.5. The number of amides is 1. The summed E-state index contributed by atoms with van der Waals surface area (Å²) in [6.07, 6.45) is 1.44. The highest BCUT2D eigenvalue weighted by Gasteiger charge is 2.26. The van der Waals surface area contributed by atoms with Crippen LogP contribution in [0.15, 0.2) is 60.7 Å². The summed E-state index contributed by atoms with van der Waals surface area (Å²) >= 11 is 6.03. The van der Waals surface area contributed by atoms with Crippen LogP contribution in [0.4, 0.5) is 10.2 Å². The lowest BCUT2D eigenvalue weighted by Crippen LogP contribution is -2.41. The quantitative estimate of drug-likeness (QED) is 0.438. The van der Waals surface area contributed by atoms with Crippen LogP contribution < -0.4 is 10.2 Å². The number of fused-ring (bicyclic) bond motifs is 1. The van der Waals surface area contributed by atoms with Crippen LogP contribution in [0.2, 0.25) is 5.02 Å². The van der Waals surface area contributed by atoms with E-state index in [2.05, 4.69) is 15.2 Å². The molecule has 0 bridgehead atoms. The molecule has 1 aliphatic heterocycles. The van der Waals surface area contributed by atoms with Crippen LogP contribution in [0, 0.1) is 18.7 Å². The lowest BCUT2D eigenvalue weighted by molar-refractivity contribution is -0.125. The Hall–Kier alpha value is -3.45. The third-order valence-electron chi connectivity index (χ3n) is 6.28. The molecule has 0 atom stereocenters. The number of nitrogens with zero attached hydrogens (tertiary/aromatic N) is 4. The SMILES string of the molecule is Cc1cc(N2CCC(C(=O)NCc3ccccc3F)CC2)n2nc(-c3ccc(Cl)cc3)cc2n1. The smallest absolute Gasteiger partial charge is 0.223 e. The van der Waals surface area contributed by atoms with Crippen LogP contribution in [0.1, 0.15) is 24.1 Å². The molecule has 2 aromatic carbocycles. The molecule has 0 saturated carbocycles. The molecule has 6 nitrogen and oxygen atoms in total. The number of benzene rings is 2. The van der Waals surface area contributed by atoms with Crippen molar-refractivity contribution >= 4 is 29.0 Å². The summed E-state index contributed by atoms with van der Waals surface area (Å²) in [6.45, 7) is 3.64. The lowest BCUT2D eigenvalue weighted by Gasteiger charge is -2.33. The Morgan fingerprint density at radius 2 is 1.85 bits per heavy atom. The Balaban J connectivity index is 1.29. The van der Waals surface area contributed by atoms with Gasteiger partial charge >= 0.3 is 0 Å². The van der Waals surface area contributed by atoms with Crippen molar-refractivity contribution in [3.05, 3.63) is 82.8 Å². The Bertz CT molecular complexity index is 1330. The van der Waals surface area contributed by atoms with Crippen molar-refractivity contribution in [1.82, 2.24) is 19.9 Å². The molecule has 1 aliphatic rings. The second kappa shape index (κ2) is 9.43. The van der Waals surface area contributed by atoms with Gasteiger partial charge in [0.1, 0.15) is 11.6 Å². The molecule has 2 aromatic heterocycles.